The second-order valence-corrected chi connectivity index (χ2v) is 5.73. The highest BCUT2D eigenvalue weighted by Crippen LogP contribution is 2.43. The van der Waals surface area contributed by atoms with Crippen LogP contribution in [0.25, 0.3) is 0 Å². The van der Waals surface area contributed by atoms with Gasteiger partial charge in [0.05, 0.1) is 24.6 Å². The number of aromatic nitrogens is 2. The Bertz CT molecular complexity index is 527. The molecule has 2 atom stereocenters. The number of nitrogens with zero attached hydrogens (tertiary/aromatic N) is 3. The molecule has 1 aromatic heterocycles. The summed E-state index contributed by atoms with van der Waals surface area (Å²) in [4.78, 5) is 26.0. The number of nitrogen functional groups attached to an aromatic ring is 1. The summed E-state index contributed by atoms with van der Waals surface area (Å²) in [6.45, 7) is 2.35. The second kappa shape index (κ2) is 4.08. The standard InChI is InChI=1S/C13H18N4O2/c1-7-3-9-10(4-7)13(19)17(12(9)18)6-8-5-15-16(2)11(8)14/h5,7,9-10H,3-4,6,14H2,1-2H3. The zero-order chi connectivity index (χ0) is 13.7. The summed E-state index contributed by atoms with van der Waals surface area (Å²) in [5.41, 5.74) is 6.59. The normalized spacial score (nSPS) is 30.2. The molecule has 1 saturated heterocycles. The highest BCUT2D eigenvalue weighted by Gasteiger charge is 2.51. The van der Waals surface area contributed by atoms with Crippen molar-refractivity contribution < 1.29 is 9.59 Å². The molecule has 2 aliphatic rings. The number of rotatable bonds is 2. The minimum atomic E-state index is -0.111. The molecule has 6 heteroatoms. The second-order valence-electron chi connectivity index (χ2n) is 5.73. The third-order valence-electron chi connectivity index (χ3n) is 4.36. The van der Waals surface area contributed by atoms with Crippen LogP contribution in [0.5, 0.6) is 0 Å². The monoisotopic (exact) mass is 262 g/mol. The molecule has 0 spiro atoms. The Morgan fingerprint density at radius 1 is 1.32 bits per heavy atom. The quantitative estimate of drug-likeness (QED) is 0.788. The van der Waals surface area contributed by atoms with Crippen LogP contribution in [0, 0.1) is 17.8 Å². The molecule has 1 aromatic rings. The van der Waals surface area contributed by atoms with E-state index < -0.39 is 0 Å². The smallest absolute Gasteiger partial charge is 0.233 e. The number of carbonyl (C=O) groups is 2. The Balaban J connectivity index is 1.82. The molecule has 2 amide bonds. The lowest BCUT2D eigenvalue weighted by atomic mass is 10.00. The third-order valence-corrected chi connectivity index (χ3v) is 4.36. The van der Waals surface area contributed by atoms with Crippen molar-refractivity contribution in [1.29, 1.82) is 0 Å². The molecule has 2 unspecified atom stereocenters. The van der Waals surface area contributed by atoms with Crippen molar-refractivity contribution in [3.8, 4) is 0 Å². The molecular weight excluding hydrogens is 244 g/mol. The van der Waals surface area contributed by atoms with Gasteiger partial charge in [-0.25, -0.2) is 0 Å². The number of amides is 2. The van der Waals surface area contributed by atoms with Crippen molar-refractivity contribution in [3.05, 3.63) is 11.8 Å². The van der Waals surface area contributed by atoms with Crippen molar-refractivity contribution in [2.24, 2.45) is 24.8 Å². The predicted molar refractivity (Wildman–Crippen MR) is 68.6 cm³/mol. The van der Waals surface area contributed by atoms with E-state index in [9.17, 15) is 9.59 Å². The number of nitrogens with two attached hydrogens (primary N) is 1. The summed E-state index contributed by atoms with van der Waals surface area (Å²) in [5.74, 6) is 0.672. The van der Waals surface area contributed by atoms with Gasteiger partial charge in [0, 0.05) is 12.6 Å². The molecule has 0 bridgehead atoms. The summed E-state index contributed by atoms with van der Waals surface area (Å²) < 4.78 is 1.54. The number of hydrogen-bond acceptors (Lipinski definition) is 4. The van der Waals surface area contributed by atoms with E-state index in [1.165, 1.54) is 4.90 Å². The van der Waals surface area contributed by atoms with Gasteiger partial charge >= 0.3 is 0 Å². The minimum Gasteiger partial charge on any atom is -0.384 e. The van der Waals surface area contributed by atoms with E-state index in [0.717, 1.165) is 18.4 Å². The maximum atomic E-state index is 12.3. The fraction of sp³-hybridized carbons (Fsp3) is 0.615. The Labute approximate surface area is 111 Å². The van der Waals surface area contributed by atoms with Gasteiger partial charge in [-0.3, -0.25) is 19.2 Å². The van der Waals surface area contributed by atoms with Gasteiger partial charge in [0.2, 0.25) is 11.8 Å². The summed E-state index contributed by atoms with van der Waals surface area (Å²) in [5, 5.41) is 4.03. The predicted octanol–water partition coefficient (Wildman–Crippen LogP) is 0.533. The van der Waals surface area contributed by atoms with Gasteiger partial charge in [-0.1, -0.05) is 6.92 Å². The fourth-order valence-corrected chi connectivity index (χ4v) is 3.29. The van der Waals surface area contributed by atoms with E-state index in [1.54, 1.807) is 17.9 Å². The SMILES string of the molecule is CC1CC2C(=O)N(Cc3cnn(C)c3N)C(=O)C2C1. The molecule has 6 nitrogen and oxygen atoms in total. The van der Waals surface area contributed by atoms with Gasteiger partial charge in [-0.15, -0.1) is 0 Å². The van der Waals surface area contributed by atoms with Crippen LogP contribution in [0.15, 0.2) is 6.20 Å². The van der Waals surface area contributed by atoms with E-state index in [0.29, 0.717) is 11.7 Å². The average molecular weight is 262 g/mol. The average Bonchev–Trinajstić information content (AvgIpc) is 2.96. The molecule has 2 N–H and O–H groups in total. The minimum absolute atomic E-state index is 0.0393. The number of hydrogen-bond donors (Lipinski definition) is 1. The van der Waals surface area contributed by atoms with E-state index in [2.05, 4.69) is 12.0 Å². The third kappa shape index (κ3) is 1.74. The van der Waals surface area contributed by atoms with E-state index in [1.807, 2.05) is 0 Å². The molecule has 19 heavy (non-hydrogen) atoms. The molecule has 0 aromatic carbocycles. The van der Waals surface area contributed by atoms with E-state index in [4.69, 9.17) is 5.73 Å². The van der Waals surface area contributed by atoms with Crippen LogP contribution >= 0.6 is 0 Å². The lowest BCUT2D eigenvalue weighted by molar-refractivity contribution is -0.141. The maximum Gasteiger partial charge on any atom is 0.233 e. The van der Waals surface area contributed by atoms with Gasteiger partial charge < -0.3 is 5.73 Å². The molecule has 0 radical (unpaired) electrons. The number of fused-ring (bicyclic) bond motifs is 1. The molecule has 2 heterocycles. The molecule has 1 aliphatic carbocycles. The van der Waals surface area contributed by atoms with Gasteiger partial charge in [0.1, 0.15) is 5.82 Å². The Morgan fingerprint density at radius 2 is 1.89 bits per heavy atom. The molecular formula is C13H18N4O2. The van der Waals surface area contributed by atoms with Crippen LogP contribution in [0.2, 0.25) is 0 Å². The number of carbonyl (C=O) groups excluding carboxylic acids is 2. The van der Waals surface area contributed by atoms with Crippen molar-refractivity contribution in [1.82, 2.24) is 14.7 Å². The fourth-order valence-electron chi connectivity index (χ4n) is 3.29. The first-order chi connectivity index (χ1) is 8.99. The van der Waals surface area contributed by atoms with Crippen molar-refractivity contribution in [3.63, 3.8) is 0 Å². The van der Waals surface area contributed by atoms with Crippen LogP contribution < -0.4 is 5.73 Å². The number of imide groups is 1. The maximum absolute atomic E-state index is 12.3. The van der Waals surface area contributed by atoms with Crippen LogP contribution in [-0.2, 0) is 23.2 Å². The molecule has 102 valence electrons. The molecule has 1 aliphatic heterocycles. The Kier molecular flexibility index (Phi) is 2.62. The largest absolute Gasteiger partial charge is 0.384 e. The first-order valence-electron chi connectivity index (χ1n) is 6.60. The highest BCUT2D eigenvalue weighted by atomic mass is 16.2. The van der Waals surface area contributed by atoms with Crippen LogP contribution in [0.4, 0.5) is 5.82 Å². The molecule has 3 rings (SSSR count). The van der Waals surface area contributed by atoms with Crippen molar-refractivity contribution in [2.45, 2.75) is 26.3 Å². The zero-order valence-electron chi connectivity index (χ0n) is 11.2. The van der Waals surface area contributed by atoms with E-state index >= 15 is 0 Å². The van der Waals surface area contributed by atoms with Crippen molar-refractivity contribution in [2.75, 3.05) is 5.73 Å². The topological polar surface area (TPSA) is 81.2 Å². The summed E-state index contributed by atoms with van der Waals surface area (Å²) >= 11 is 0. The first-order valence-corrected chi connectivity index (χ1v) is 6.60. The Hall–Kier alpha value is -1.85. The number of aryl methyl sites for hydroxylation is 1. The Morgan fingerprint density at radius 3 is 2.37 bits per heavy atom. The lowest BCUT2D eigenvalue weighted by Crippen LogP contribution is -2.31. The number of likely N-dealkylation sites (tertiary alicyclic amines) is 1. The summed E-state index contributed by atoms with van der Waals surface area (Å²) in [6.07, 6.45) is 3.27. The summed E-state index contributed by atoms with van der Waals surface area (Å²) in [6, 6.07) is 0. The van der Waals surface area contributed by atoms with Gasteiger partial charge in [0.25, 0.3) is 0 Å². The van der Waals surface area contributed by atoms with Crippen LogP contribution in [0.1, 0.15) is 25.3 Å². The van der Waals surface area contributed by atoms with E-state index in [-0.39, 0.29) is 30.2 Å². The molecule has 1 saturated carbocycles. The summed E-state index contributed by atoms with van der Waals surface area (Å²) in [7, 11) is 1.74. The lowest BCUT2D eigenvalue weighted by Gasteiger charge is -2.16. The van der Waals surface area contributed by atoms with Gasteiger partial charge in [0.15, 0.2) is 0 Å². The zero-order valence-corrected chi connectivity index (χ0v) is 11.2. The van der Waals surface area contributed by atoms with Gasteiger partial charge in [-0.05, 0) is 18.8 Å². The van der Waals surface area contributed by atoms with Gasteiger partial charge in [-0.2, -0.15) is 5.10 Å². The van der Waals surface area contributed by atoms with Crippen molar-refractivity contribution >= 4 is 17.6 Å². The molecule has 2 fully saturated rings. The number of anilines is 1. The van der Waals surface area contributed by atoms with Crippen LogP contribution in [-0.4, -0.2) is 26.5 Å². The first kappa shape index (κ1) is 12.2. The highest BCUT2D eigenvalue weighted by molar-refractivity contribution is 6.05. The van der Waals surface area contributed by atoms with Crippen LogP contribution in [0.3, 0.4) is 0 Å².